The minimum Gasteiger partial charge on any atom is -0.493 e. The monoisotopic (exact) mass is 431 g/mol. The largest absolute Gasteiger partial charge is 0.493 e. The number of fused-ring (bicyclic) bond motifs is 1. The highest BCUT2D eigenvalue weighted by molar-refractivity contribution is 5.60. The third-order valence-corrected chi connectivity index (χ3v) is 6.19. The third kappa shape index (κ3) is 3.79. The van der Waals surface area contributed by atoms with Gasteiger partial charge in [-0.05, 0) is 50.1 Å². The van der Waals surface area contributed by atoms with Crippen molar-refractivity contribution in [3.05, 3.63) is 46.7 Å². The Labute approximate surface area is 189 Å². The molecule has 1 aliphatic carbocycles. The summed E-state index contributed by atoms with van der Waals surface area (Å²) in [5.41, 5.74) is 6.60. The first kappa shape index (κ1) is 23.2. The van der Waals surface area contributed by atoms with E-state index in [2.05, 4.69) is 30.0 Å². The second kappa shape index (κ2) is 9.35. The maximum Gasteiger partial charge on any atom is 0.191 e. The number of ether oxygens (including phenoxy) is 2. The van der Waals surface area contributed by atoms with Crippen molar-refractivity contribution >= 4 is 0 Å². The fourth-order valence-corrected chi connectivity index (χ4v) is 4.84. The number of nitriles is 3. The van der Waals surface area contributed by atoms with Gasteiger partial charge in [0.2, 0.25) is 0 Å². The highest BCUT2D eigenvalue weighted by atomic mass is 16.5. The Morgan fingerprint density at radius 2 is 1.94 bits per heavy atom. The van der Waals surface area contributed by atoms with Gasteiger partial charge in [-0.3, -0.25) is 4.90 Å². The first-order valence-corrected chi connectivity index (χ1v) is 10.9. The van der Waals surface area contributed by atoms with E-state index in [4.69, 9.17) is 15.2 Å². The standard InChI is InChI=1S/C25H29N5O2/c1-5-9-30-10-8-18-19(12-26)24(29)25(14-27,15-28)23(20(18)13-30)17-6-7-21(32-16(2)3)22(11-17)31-4/h6-8,11,16,20,23H,5,9-10,13,29H2,1-4H3/t20-,23+/m0/s1. The van der Waals surface area contributed by atoms with Crippen LogP contribution in [0.3, 0.4) is 0 Å². The Bertz CT molecular complexity index is 1050. The van der Waals surface area contributed by atoms with Gasteiger partial charge in [-0.2, -0.15) is 15.8 Å². The van der Waals surface area contributed by atoms with Crippen molar-refractivity contribution in [2.75, 3.05) is 26.7 Å². The normalized spacial score (nSPS) is 22.2. The van der Waals surface area contributed by atoms with Crippen LogP contribution in [0, 0.1) is 45.3 Å². The van der Waals surface area contributed by atoms with Crippen molar-refractivity contribution in [1.29, 1.82) is 15.8 Å². The molecule has 32 heavy (non-hydrogen) atoms. The van der Waals surface area contributed by atoms with Crippen molar-refractivity contribution in [3.8, 4) is 29.7 Å². The van der Waals surface area contributed by atoms with E-state index in [9.17, 15) is 15.8 Å². The van der Waals surface area contributed by atoms with E-state index >= 15 is 0 Å². The van der Waals surface area contributed by atoms with Crippen molar-refractivity contribution in [3.63, 3.8) is 0 Å². The molecule has 2 aliphatic rings. The highest BCUT2D eigenvalue weighted by Gasteiger charge is 2.54. The number of nitrogens with zero attached hydrogens (tertiary/aromatic N) is 4. The third-order valence-electron chi connectivity index (χ3n) is 6.19. The van der Waals surface area contributed by atoms with E-state index in [0.29, 0.717) is 24.6 Å². The molecule has 2 atom stereocenters. The van der Waals surface area contributed by atoms with Gasteiger partial charge in [0.05, 0.1) is 36.6 Å². The fourth-order valence-electron chi connectivity index (χ4n) is 4.84. The zero-order valence-corrected chi connectivity index (χ0v) is 19.1. The molecular weight excluding hydrogens is 402 g/mol. The number of rotatable bonds is 6. The quantitative estimate of drug-likeness (QED) is 0.730. The number of nitrogens with two attached hydrogens (primary N) is 1. The summed E-state index contributed by atoms with van der Waals surface area (Å²) in [4.78, 5) is 2.28. The summed E-state index contributed by atoms with van der Waals surface area (Å²) < 4.78 is 11.4. The number of hydrogen-bond acceptors (Lipinski definition) is 7. The van der Waals surface area contributed by atoms with E-state index in [1.165, 1.54) is 0 Å². The minimum absolute atomic E-state index is 0.0305. The molecule has 0 fully saturated rings. The summed E-state index contributed by atoms with van der Waals surface area (Å²) in [6, 6.07) is 12.0. The summed E-state index contributed by atoms with van der Waals surface area (Å²) in [7, 11) is 1.56. The molecule has 0 spiro atoms. The van der Waals surface area contributed by atoms with E-state index in [1.54, 1.807) is 7.11 Å². The average Bonchev–Trinajstić information content (AvgIpc) is 2.79. The van der Waals surface area contributed by atoms with Crippen LogP contribution >= 0.6 is 0 Å². The second-order valence-corrected chi connectivity index (χ2v) is 8.51. The summed E-state index contributed by atoms with van der Waals surface area (Å²) in [6.45, 7) is 8.22. The van der Waals surface area contributed by atoms with E-state index < -0.39 is 11.3 Å². The van der Waals surface area contributed by atoms with Crippen LogP contribution in [0.15, 0.2) is 41.1 Å². The predicted octanol–water partition coefficient (Wildman–Crippen LogP) is 3.62. The molecule has 7 nitrogen and oxygen atoms in total. The van der Waals surface area contributed by atoms with Gasteiger partial charge >= 0.3 is 0 Å². The Hall–Kier alpha value is -3.47. The molecule has 0 radical (unpaired) electrons. The van der Waals surface area contributed by atoms with Crippen LogP contribution in [0.25, 0.3) is 0 Å². The molecule has 1 heterocycles. The van der Waals surface area contributed by atoms with Gasteiger partial charge in [-0.15, -0.1) is 0 Å². The molecule has 0 bridgehead atoms. The molecule has 0 amide bonds. The van der Waals surface area contributed by atoms with Crippen LogP contribution in [-0.2, 0) is 0 Å². The average molecular weight is 432 g/mol. The van der Waals surface area contributed by atoms with Crippen molar-refractivity contribution in [1.82, 2.24) is 4.90 Å². The molecule has 0 saturated heterocycles. The number of benzene rings is 1. The number of hydrogen-bond donors (Lipinski definition) is 1. The molecule has 1 aromatic rings. The highest BCUT2D eigenvalue weighted by Crippen LogP contribution is 2.54. The molecule has 0 unspecified atom stereocenters. The number of methoxy groups -OCH3 is 1. The van der Waals surface area contributed by atoms with Crippen molar-refractivity contribution in [2.24, 2.45) is 17.1 Å². The molecular formula is C25H29N5O2. The maximum absolute atomic E-state index is 10.2. The summed E-state index contributed by atoms with van der Waals surface area (Å²) >= 11 is 0. The summed E-state index contributed by atoms with van der Waals surface area (Å²) in [6.07, 6.45) is 2.98. The van der Waals surface area contributed by atoms with Crippen LogP contribution in [0.2, 0.25) is 0 Å². The van der Waals surface area contributed by atoms with Crippen molar-refractivity contribution < 1.29 is 9.47 Å². The maximum atomic E-state index is 10.2. The minimum atomic E-state index is -1.66. The Morgan fingerprint density at radius 1 is 1.22 bits per heavy atom. The fraction of sp³-hybridized carbons (Fsp3) is 0.480. The van der Waals surface area contributed by atoms with Gasteiger partial charge in [0.15, 0.2) is 16.9 Å². The molecule has 1 aromatic carbocycles. The van der Waals surface area contributed by atoms with Gasteiger partial charge in [0.1, 0.15) is 6.07 Å². The molecule has 3 rings (SSSR count). The first-order chi connectivity index (χ1) is 15.4. The van der Waals surface area contributed by atoms with Gasteiger partial charge < -0.3 is 15.2 Å². The van der Waals surface area contributed by atoms with Crippen LogP contribution in [-0.4, -0.2) is 37.7 Å². The van der Waals surface area contributed by atoms with Crippen LogP contribution in [0.4, 0.5) is 0 Å². The zero-order valence-electron chi connectivity index (χ0n) is 19.1. The molecule has 1 aliphatic heterocycles. The first-order valence-electron chi connectivity index (χ1n) is 10.9. The Morgan fingerprint density at radius 3 is 2.50 bits per heavy atom. The van der Waals surface area contributed by atoms with Gasteiger partial charge in [0.25, 0.3) is 0 Å². The second-order valence-electron chi connectivity index (χ2n) is 8.51. The van der Waals surface area contributed by atoms with E-state index in [1.807, 2.05) is 38.1 Å². The molecule has 0 saturated carbocycles. The topological polar surface area (TPSA) is 119 Å². The molecule has 166 valence electrons. The SMILES string of the molecule is CCCN1CC=C2C(C#N)=C(N)C(C#N)(C#N)[C@H](c3ccc(OC(C)C)c(OC)c3)[C@H]2C1. The van der Waals surface area contributed by atoms with Crippen molar-refractivity contribution in [2.45, 2.75) is 39.2 Å². The van der Waals surface area contributed by atoms with Gasteiger partial charge in [-0.1, -0.05) is 19.1 Å². The van der Waals surface area contributed by atoms with E-state index in [0.717, 1.165) is 24.1 Å². The molecule has 0 aromatic heterocycles. The lowest BCUT2D eigenvalue weighted by atomic mass is 9.58. The summed E-state index contributed by atoms with van der Waals surface area (Å²) in [5, 5.41) is 30.3. The number of allylic oxidation sites excluding steroid dienone is 2. The van der Waals surface area contributed by atoms with E-state index in [-0.39, 0.29) is 23.3 Å². The van der Waals surface area contributed by atoms with Crippen LogP contribution in [0.1, 0.15) is 38.7 Å². The lowest BCUT2D eigenvalue weighted by Crippen LogP contribution is -2.48. The van der Waals surface area contributed by atoms with Crippen LogP contribution < -0.4 is 15.2 Å². The smallest absolute Gasteiger partial charge is 0.191 e. The molecule has 2 N–H and O–H groups in total. The Balaban J connectivity index is 2.24. The van der Waals surface area contributed by atoms with Crippen LogP contribution in [0.5, 0.6) is 11.5 Å². The Kier molecular flexibility index (Phi) is 6.78. The van der Waals surface area contributed by atoms with Gasteiger partial charge in [0, 0.05) is 24.9 Å². The predicted molar refractivity (Wildman–Crippen MR) is 120 cm³/mol. The lowest BCUT2D eigenvalue weighted by molar-refractivity contribution is 0.206. The summed E-state index contributed by atoms with van der Waals surface area (Å²) in [5.74, 6) is 0.344. The molecule has 7 heteroatoms. The zero-order chi connectivity index (χ0) is 23.5. The lowest BCUT2D eigenvalue weighted by Gasteiger charge is -2.45. The van der Waals surface area contributed by atoms with Gasteiger partial charge in [-0.25, -0.2) is 0 Å².